The van der Waals surface area contributed by atoms with Gasteiger partial charge in [0.05, 0.1) is 11.5 Å². The van der Waals surface area contributed by atoms with Gasteiger partial charge in [-0.15, -0.1) is 0 Å². The van der Waals surface area contributed by atoms with Gasteiger partial charge in [0.2, 0.25) is 0 Å². The van der Waals surface area contributed by atoms with Crippen molar-refractivity contribution in [3.05, 3.63) is 63.7 Å². The summed E-state index contributed by atoms with van der Waals surface area (Å²) in [6.45, 7) is 2.30. The molecular weight excluding hydrogens is 256 g/mol. The van der Waals surface area contributed by atoms with E-state index in [9.17, 15) is 10.1 Å². The molecular formula is C15H16N2O3. The van der Waals surface area contributed by atoms with Crippen molar-refractivity contribution in [2.24, 2.45) is 0 Å². The summed E-state index contributed by atoms with van der Waals surface area (Å²) in [5, 5.41) is 10.9. The molecule has 0 saturated heterocycles. The first-order chi connectivity index (χ1) is 9.58. The number of benzene rings is 2. The van der Waals surface area contributed by atoms with Gasteiger partial charge in [-0.25, -0.2) is 0 Å². The summed E-state index contributed by atoms with van der Waals surface area (Å²) in [5.41, 5.74) is 8.11. The molecule has 0 heterocycles. The van der Waals surface area contributed by atoms with E-state index < -0.39 is 0 Å². The molecule has 2 aromatic carbocycles. The Morgan fingerprint density at radius 1 is 1.25 bits per heavy atom. The number of para-hydroxylation sites is 1. The first kappa shape index (κ1) is 13.9. The second-order valence-corrected chi connectivity index (χ2v) is 4.51. The van der Waals surface area contributed by atoms with Crippen LogP contribution in [-0.2, 0) is 6.42 Å². The summed E-state index contributed by atoms with van der Waals surface area (Å²) in [5.74, 6) is 0.748. The van der Waals surface area contributed by atoms with Crippen molar-refractivity contribution in [1.82, 2.24) is 0 Å². The first-order valence-corrected chi connectivity index (χ1v) is 6.29. The Morgan fingerprint density at radius 3 is 2.70 bits per heavy atom. The summed E-state index contributed by atoms with van der Waals surface area (Å²) in [7, 11) is 0. The van der Waals surface area contributed by atoms with E-state index in [4.69, 9.17) is 10.5 Å². The predicted molar refractivity (Wildman–Crippen MR) is 77.9 cm³/mol. The number of nitrogen functional groups attached to an aromatic ring is 1. The lowest BCUT2D eigenvalue weighted by Gasteiger charge is -2.09. The summed E-state index contributed by atoms with van der Waals surface area (Å²) in [6.07, 6.45) is 0.487. The lowest BCUT2D eigenvalue weighted by Crippen LogP contribution is -2.05. The fourth-order valence-corrected chi connectivity index (χ4v) is 2.01. The second kappa shape index (κ2) is 6.06. The van der Waals surface area contributed by atoms with Crippen LogP contribution in [0, 0.1) is 17.0 Å². The average molecular weight is 272 g/mol. The lowest BCUT2D eigenvalue weighted by atomic mass is 10.1. The van der Waals surface area contributed by atoms with Crippen LogP contribution >= 0.6 is 0 Å². The zero-order valence-electron chi connectivity index (χ0n) is 11.2. The molecule has 0 aliphatic carbocycles. The highest BCUT2D eigenvalue weighted by molar-refractivity contribution is 5.47. The smallest absolute Gasteiger partial charge is 0.272 e. The van der Waals surface area contributed by atoms with Crippen molar-refractivity contribution >= 4 is 11.4 Å². The van der Waals surface area contributed by atoms with Crippen molar-refractivity contribution < 1.29 is 9.66 Å². The quantitative estimate of drug-likeness (QED) is 0.515. The Kier molecular flexibility index (Phi) is 4.20. The lowest BCUT2D eigenvalue weighted by molar-refractivity contribution is -0.385. The molecule has 0 bridgehead atoms. The third-order valence-electron chi connectivity index (χ3n) is 3.02. The maximum absolute atomic E-state index is 10.9. The molecule has 0 unspecified atom stereocenters. The number of nitrogens with zero attached hydrogens (tertiary/aromatic N) is 1. The highest BCUT2D eigenvalue weighted by Gasteiger charge is 2.12. The van der Waals surface area contributed by atoms with Crippen molar-refractivity contribution in [3.63, 3.8) is 0 Å². The van der Waals surface area contributed by atoms with Crippen LogP contribution in [0.3, 0.4) is 0 Å². The van der Waals surface area contributed by atoms with E-state index >= 15 is 0 Å². The second-order valence-electron chi connectivity index (χ2n) is 4.51. The van der Waals surface area contributed by atoms with Crippen molar-refractivity contribution in [2.45, 2.75) is 13.3 Å². The van der Waals surface area contributed by atoms with Gasteiger partial charge in [0.15, 0.2) is 0 Å². The van der Waals surface area contributed by atoms with E-state index in [1.807, 2.05) is 19.1 Å². The Morgan fingerprint density at radius 2 is 2.00 bits per heavy atom. The largest absolute Gasteiger partial charge is 0.493 e. The molecule has 2 N–H and O–H groups in total. The van der Waals surface area contributed by atoms with Gasteiger partial charge in [-0.05, 0) is 30.7 Å². The Bertz CT molecular complexity index is 626. The molecule has 0 aliphatic rings. The van der Waals surface area contributed by atoms with Gasteiger partial charge in [0, 0.05) is 23.7 Å². The third-order valence-corrected chi connectivity index (χ3v) is 3.02. The van der Waals surface area contributed by atoms with Crippen molar-refractivity contribution in [2.75, 3.05) is 12.3 Å². The predicted octanol–water partition coefficient (Wildman–Crippen LogP) is 3.11. The molecule has 0 aliphatic heterocycles. The number of hydrogen-bond acceptors (Lipinski definition) is 4. The van der Waals surface area contributed by atoms with Gasteiger partial charge in [-0.2, -0.15) is 0 Å². The summed E-state index contributed by atoms with van der Waals surface area (Å²) < 4.78 is 5.65. The molecule has 104 valence electrons. The average Bonchev–Trinajstić information content (AvgIpc) is 2.41. The fourth-order valence-electron chi connectivity index (χ4n) is 2.01. The van der Waals surface area contributed by atoms with E-state index in [1.54, 1.807) is 24.3 Å². The van der Waals surface area contributed by atoms with E-state index in [-0.39, 0.29) is 10.6 Å². The highest BCUT2D eigenvalue weighted by atomic mass is 16.6. The molecule has 2 aromatic rings. The topological polar surface area (TPSA) is 78.4 Å². The van der Waals surface area contributed by atoms with Crippen molar-refractivity contribution in [1.29, 1.82) is 0 Å². The van der Waals surface area contributed by atoms with Crippen LogP contribution in [0.15, 0.2) is 42.5 Å². The van der Waals surface area contributed by atoms with Gasteiger partial charge in [0.25, 0.3) is 5.69 Å². The van der Waals surface area contributed by atoms with Crippen LogP contribution in [0.1, 0.15) is 11.1 Å². The molecule has 0 aromatic heterocycles. The Balaban J connectivity index is 2.01. The minimum absolute atomic E-state index is 0.130. The number of hydrogen-bond donors (Lipinski definition) is 1. The number of nitro groups is 1. The minimum Gasteiger partial charge on any atom is -0.493 e. The van der Waals surface area contributed by atoms with Gasteiger partial charge >= 0.3 is 0 Å². The molecule has 20 heavy (non-hydrogen) atoms. The number of aryl methyl sites for hydroxylation is 1. The number of ether oxygens (including phenoxy) is 1. The van der Waals surface area contributed by atoms with E-state index in [2.05, 4.69) is 0 Å². The number of rotatable bonds is 5. The SMILES string of the molecule is Cc1cc(N)ccc1OCCc1ccccc1[N+](=O)[O-]. The Hall–Kier alpha value is -2.56. The van der Waals surface area contributed by atoms with Crippen LogP contribution in [0.5, 0.6) is 5.75 Å². The van der Waals surface area contributed by atoms with E-state index in [0.717, 1.165) is 11.3 Å². The molecule has 5 heteroatoms. The van der Waals surface area contributed by atoms with E-state index in [1.165, 1.54) is 6.07 Å². The summed E-state index contributed by atoms with van der Waals surface area (Å²) in [4.78, 5) is 10.5. The van der Waals surface area contributed by atoms with Crippen LogP contribution in [0.4, 0.5) is 11.4 Å². The molecule has 0 fully saturated rings. The van der Waals surface area contributed by atoms with Gasteiger partial charge < -0.3 is 10.5 Å². The normalized spacial score (nSPS) is 10.2. The van der Waals surface area contributed by atoms with Crippen LogP contribution in [0.2, 0.25) is 0 Å². The molecule has 0 radical (unpaired) electrons. The minimum atomic E-state index is -0.371. The van der Waals surface area contributed by atoms with E-state index in [0.29, 0.717) is 24.3 Å². The zero-order valence-corrected chi connectivity index (χ0v) is 11.2. The number of nitro benzene ring substituents is 1. The van der Waals surface area contributed by atoms with Crippen LogP contribution in [-0.4, -0.2) is 11.5 Å². The van der Waals surface area contributed by atoms with Crippen molar-refractivity contribution in [3.8, 4) is 5.75 Å². The van der Waals surface area contributed by atoms with Gasteiger partial charge in [-0.3, -0.25) is 10.1 Å². The summed E-state index contributed by atoms with van der Waals surface area (Å²) >= 11 is 0. The maximum Gasteiger partial charge on any atom is 0.272 e. The third kappa shape index (κ3) is 3.26. The monoisotopic (exact) mass is 272 g/mol. The fraction of sp³-hybridized carbons (Fsp3) is 0.200. The summed E-state index contributed by atoms with van der Waals surface area (Å²) in [6, 6.07) is 12.1. The molecule has 0 amide bonds. The first-order valence-electron chi connectivity index (χ1n) is 6.29. The molecule has 0 saturated carbocycles. The van der Waals surface area contributed by atoms with Crippen LogP contribution in [0.25, 0.3) is 0 Å². The maximum atomic E-state index is 10.9. The standard InChI is InChI=1S/C15H16N2O3/c1-11-10-13(16)6-7-15(11)20-9-8-12-4-2-3-5-14(12)17(18)19/h2-7,10H,8-9,16H2,1H3. The molecule has 2 rings (SSSR count). The Labute approximate surface area is 117 Å². The number of nitrogens with two attached hydrogens (primary N) is 1. The highest BCUT2D eigenvalue weighted by Crippen LogP contribution is 2.22. The van der Waals surface area contributed by atoms with Crippen LogP contribution < -0.4 is 10.5 Å². The zero-order chi connectivity index (χ0) is 14.5. The molecule has 0 atom stereocenters. The van der Waals surface area contributed by atoms with Gasteiger partial charge in [-0.1, -0.05) is 18.2 Å². The molecule has 5 nitrogen and oxygen atoms in total. The van der Waals surface area contributed by atoms with Gasteiger partial charge in [0.1, 0.15) is 5.75 Å². The number of anilines is 1. The molecule has 0 spiro atoms.